The minimum absolute atomic E-state index is 0. The Labute approximate surface area is 268 Å². The van der Waals surface area contributed by atoms with E-state index in [1.807, 2.05) is 0 Å². The first-order valence-corrected chi connectivity index (χ1v) is 20.1. The van der Waals surface area contributed by atoms with Crippen LogP contribution in [0.5, 0.6) is 0 Å². The summed E-state index contributed by atoms with van der Waals surface area (Å²) in [5, 5.41) is 0. The van der Waals surface area contributed by atoms with Crippen LogP contribution >= 0.6 is 0 Å². The van der Waals surface area contributed by atoms with Crippen molar-refractivity contribution in [2.75, 3.05) is 26.2 Å². The quantitative estimate of drug-likeness (QED) is 0.0523. The molecule has 0 fully saturated rings. The van der Waals surface area contributed by atoms with Crippen LogP contribution in [0.4, 0.5) is 0 Å². The summed E-state index contributed by atoms with van der Waals surface area (Å²) in [5.74, 6) is 0. The lowest BCUT2D eigenvalue weighted by Gasteiger charge is -2.40. The summed E-state index contributed by atoms with van der Waals surface area (Å²) >= 11 is 0. The molecule has 0 heterocycles. The van der Waals surface area contributed by atoms with Gasteiger partial charge in [-0.25, -0.2) is 0 Å². The fourth-order valence-electron chi connectivity index (χ4n) is 7.00. The lowest BCUT2D eigenvalue weighted by Crippen LogP contribution is -2.50. The Morgan fingerprint density at radius 3 is 0.524 bits per heavy atom. The number of nitrogens with zero attached hydrogens (tertiary/aromatic N) is 1. The van der Waals surface area contributed by atoms with Crippen molar-refractivity contribution in [1.29, 1.82) is 0 Å². The van der Waals surface area contributed by atoms with E-state index in [1.54, 1.807) is 0 Å². The summed E-state index contributed by atoms with van der Waals surface area (Å²) in [6.45, 7) is 15.3. The van der Waals surface area contributed by atoms with Crippen LogP contribution < -0.4 is 0 Å². The molecule has 2 nitrogen and oxygen atoms in total. The predicted molar refractivity (Wildman–Crippen MR) is 192 cm³/mol. The van der Waals surface area contributed by atoms with Crippen molar-refractivity contribution < 1.29 is 9.96 Å². The Bertz CT molecular complexity index is 424. The van der Waals surface area contributed by atoms with Crippen molar-refractivity contribution in [2.24, 2.45) is 0 Å². The van der Waals surface area contributed by atoms with Gasteiger partial charge in [-0.1, -0.05) is 182 Å². The number of hydrogen-bond donors (Lipinski definition) is 0. The van der Waals surface area contributed by atoms with E-state index in [9.17, 15) is 0 Å². The summed E-state index contributed by atoms with van der Waals surface area (Å²) < 4.78 is 1.48. The van der Waals surface area contributed by atoms with Gasteiger partial charge in [0.15, 0.2) is 0 Å². The van der Waals surface area contributed by atoms with Gasteiger partial charge in [0, 0.05) is 0 Å². The third kappa shape index (κ3) is 31.3. The topological polar surface area (TPSA) is 30.0 Å². The molecule has 0 bridgehead atoms. The average Bonchev–Trinajstić information content (AvgIpc) is 2.98. The van der Waals surface area contributed by atoms with Gasteiger partial charge in [-0.15, -0.1) is 0 Å². The van der Waals surface area contributed by atoms with E-state index in [-0.39, 0.29) is 5.48 Å². The molecule has 0 unspecified atom stereocenters. The number of hydrogen-bond acceptors (Lipinski definition) is 1. The van der Waals surface area contributed by atoms with Crippen LogP contribution in [-0.4, -0.2) is 36.1 Å². The van der Waals surface area contributed by atoms with Crippen molar-refractivity contribution >= 4 is 0 Å². The lowest BCUT2D eigenvalue weighted by molar-refractivity contribution is -0.929. The Morgan fingerprint density at radius 1 is 0.214 bits per heavy atom. The SMILES string of the molecule is CCCCCCCCCCCCCCCC[N+](CCCCCCCC)(CCCCCCCC)CCCCCCCC.[OH-]. The van der Waals surface area contributed by atoms with Crippen LogP contribution in [0.1, 0.15) is 233 Å². The van der Waals surface area contributed by atoms with Crippen LogP contribution in [0, 0.1) is 0 Å². The molecular formula is C40H85NO. The van der Waals surface area contributed by atoms with Gasteiger partial charge in [0.05, 0.1) is 26.2 Å². The molecule has 0 spiro atoms. The second kappa shape index (κ2) is 37.1. The molecule has 0 aliphatic carbocycles. The normalized spacial score (nSPS) is 11.7. The molecule has 256 valence electrons. The molecule has 0 atom stereocenters. The molecule has 0 saturated heterocycles. The average molecular weight is 596 g/mol. The molecule has 2 heteroatoms. The number of rotatable bonds is 36. The minimum atomic E-state index is 0. The highest BCUT2D eigenvalue weighted by atomic mass is 16.0. The minimum Gasteiger partial charge on any atom is -0.870 e. The van der Waals surface area contributed by atoms with Gasteiger partial charge in [0.25, 0.3) is 0 Å². The van der Waals surface area contributed by atoms with E-state index < -0.39 is 0 Å². The Hall–Kier alpha value is -0.0800. The number of quaternary nitrogens is 1. The fraction of sp³-hybridized carbons (Fsp3) is 1.00. The monoisotopic (exact) mass is 596 g/mol. The lowest BCUT2D eigenvalue weighted by atomic mass is 10.0. The maximum absolute atomic E-state index is 2.35. The van der Waals surface area contributed by atoms with Crippen LogP contribution in [0.3, 0.4) is 0 Å². The maximum atomic E-state index is 2.35. The highest BCUT2D eigenvalue weighted by Gasteiger charge is 2.25. The molecule has 0 aliphatic rings. The molecule has 0 aromatic rings. The standard InChI is InChI=1S/C40H84N.H2O/c1-5-9-13-17-21-22-23-24-25-26-27-28-32-36-40-41(37-33-29-18-14-10-6-2,38-34-30-19-15-11-7-3)39-35-31-20-16-12-8-4;/h5-40H2,1-4H3;1H2/q+1;/p-1. The van der Waals surface area contributed by atoms with Crippen molar-refractivity contribution in [1.82, 2.24) is 0 Å². The van der Waals surface area contributed by atoms with E-state index in [4.69, 9.17) is 0 Å². The van der Waals surface area contributed by atoms with Gasteiger partial charge in [-0.3, -0.25) is 0 Å². The van der Waals surface area contributed by atoms with Crippen LogP contribution in [0.25, 0.3) is 0 Å². The first-order valence-electron chi connectivity index (χ1n) is 20.1. The molecule has 42 heavy (non-hydrogen) atoms. The molecule has 0 aromatic carbocycles. The molecule has 0 amide bonds. The highest BCUT2D eigenvalue weighted by molar-refractivity contribution is 4.55. The summed E-state index contributed by atoms with van der Waals surface area (Å²) in [5.41, 5.74) is 0. The van der Waals surface area contributed by atoms with Gasteiger partial charge in [0.1, 0.15) is 0 Å². The summed E-state index contributed by atoms with van der Waals surface area (Å²) in [6.07, 6.45) is 46.7. The van der Waals surface area contributed by atoms with Crippen LogP contribution in [0.2, 0.25) is 0 Å². The van der Waals surface area contributed by atoms with E-state index in [2.05, 4.69) is 27.7 Å². The van der Waals surface area contributed by atoms with Gasteiger partial charge < -0.3 is 9.96 Å². The molecule has 0 radical (unpaired) electrons. The highest BCUT2D eigenvalue weighted by Crippen LogP contribution is 2.21. The zero-order chi connectivity index (χ0) is 30.0. The smallest absolute Gasteiger partial charge is 0.0786 e. The van der Waals surface area contributed by atoms with Crippen molar-refractivity contribution in [3.63, 3.8) is 0 Å². The zero-order valence-corrected chi connectivity index (χ0v) is 30.4. The first-order chi connectivity index (χ1) is 20.2. The Morgan fingerprint density at radius 2 is 0.357 bits per heavy atom. The predicted octanol–water partition coefficient (Wildman–Crippen LogP) is 14.2. The molecule has 0 rings (SSSR count). The van der Waals surface area contributed by atoms with Crippen LogP contribution in [-0.2, 0) is 0 Å². The van der Waals surface area contributed by atoms with E-state index in [1.165, 1.54) is 236 Å². The second-order valence-corrected chi connectivity index (χ2v) is 14.1. The molecule has 0 aliphatic heterocycles. The molecule has 0 aromatic heterocycles. The maximum Gasteiger partial charge on any atom is 0.0786 e. The summed E-state index contributed by atoms with van der Waals surface area (Å²) in [4.78, 5) is 0. The van der Waals surface area contributed by atoms with Crippen molar-refractivity contribution in [3.8, 4) is 0 Å². The molecular weight excluding hydrogens is 510 g/mol. The van der Waals surface area contributed by atoms with E-state index >= 15 is 0 Å². The number of unbranched alkanes of at least 4 members (excludes halogenated alkanes) is 28. The zero-order valence-electron chi connectivity index (χ0n) is 30.4. The summed E-state index contributed by atoms with van der Waals surface area (Å²) in [7, 11) is 0. The van der Waals surface area contributed by atoms with E-state index in [0.29, 0.717) is 0 Å². The van der Waals surface area contributed by atoms with Crippen LogP contribution in [0.15, 0.2) is 0 Å². The third-order valence-electron chi connectivity index (χ3n) is 9.94. The molecule has 0 saturated carbocycles. The Balaban J connectivity index is 0. The first kappa shape index (κ1) is 44.0. The second-order valence-electron chi connectivity index (χ2n) is 14.1. The van der Waals surface area contributed by atoms with Gasteiger partial charge in [-0.2, -0.15) is 0 Å². The van der Waals surface area contributed by atoms with Crippen molar-refractivity contribution in [3.05, 3.63) is 0 Å². The van der Waals surface area contributed by atoms with E-state index in [0.717, 1.165) is 0 Å². The fourth-order valence-corrected chi connectivity index (χ4v) is 7.00. The Kier molecular flexibility index (Phi) is 38.9. The molecule has 1 N–H and O–H groups in total. The van der Waals surface area contributed by atoms with Crippen molar-refractivity contribution in [2.45, 2.75) is 233 Å². The van der Waals surface area contributed by atoms with Gasteiger partial charge >= 0.3 is 0 Å². The van der Waals surface area contributed by atoms with Gasteiger partial charge in [-0.05, 0) is 51.4 Å². The van der Waals surface area contributed by atoms with Gasteiger partial charge in [0.2, 0.25) is 0 Å². The largest absolute Gasteiger partial charge is 0.870 e. The third-order valence-corrected chi connectivity index (χ3v) is 9.94. The summed E-state index contributed by atoms with van der Waals surface area (Å²) in [6, 6.07) is 0.